The van der Waals surface area contributed by atoms with Gasteiger partial charge in [-0.25, -0.2) is 10.4 Å². The number of nitrogens with zero attached hydrogens (tertiary/aromatic N) is 2. The molecule has 2 N–H and O–H groups in total. The quantitative estimate of drug-likeness (QED) is 0.838. The summed E-state index contributed by atoms with van der Waals surface area (Å²) < 4.78 is 0. The van der Waals surface area contributed by atoms with Gasteiger partial charge in [0.2, 0.25) is 5.91 Å². The molecule has 1 aromatic carbocycles. The number of carbonyl (C=O) groups is 1. The van der Waals surface area contributed by atoms with E-state index in [9.17, 15) is 4.79 Å². The molecule has 0 saturated carbocycles. The number of aromatic nitrogens is 2. The van der Waals surface area contributed by atoms with Crippen molar-refractivity contribution in [3.05, 3.63) is 42.2 Å². The highest BCUT2D eigenvalue weighted by Gasteiger charge is 2.13. The van der Waals surface area contributed by atoms with Crippen LogP contribution in [0, 0.1) is 0 Å². The van der Waals surface area contributed by atoms with E-state index in [0.29, 0.717) is 12.8 Å². The Kier molecular flexibility index (Phi) is 2.64. The molecule has 0 unspecified atom stereocenters. The number of hydrazone groups is 1. The lowest BCUT2D eigenvalue weighted by Crippen LogP contribution is -2.25. The maximum Gasteiger partial charge on any atom is 0.240 e. The predicted octanol–water partition coefficient (Wildman–Crippen LogP) is 1.69. The molecule has 0 radical (unpaired) electrons. The Morgan fingerprint density at radius 2 is 1.83 bits per heavy atom. The zero-order valence-electron chi connectivity index (χ0n) is 9.68. The lowest BCUT2D eigenvalue weighted by molar-refractivity contribution is -0.121. The van der Waals surface area contributed by atoms with Crippen molar-refractivity contribution < 1.29 is 4.79 Å². The standard InChI is InChI=1S/C13H12N4O/c18-12-6-5-11(16-17-12)9-1-3-10(4-2-9)13-14-7-8-15-13/h1-4,7-8H,5-6H2,(H,14,15)(H,17,18). The van der Waals surface area contributed by atoms with Crippen LogP contribution in [0.4, 0.5) is 0 Å². The van der Waals surface area contributed by atoms with E-state index < -0.39 is 0 Å². The predicted molar refractivity (Wildman–Crippen MR) is 67.9 cm³/mol. The van der Waals surface area contributed by atoms with Crippen LogP contribution in [-0.2, 0) is 4.79 Å². The first-order chi connectivity index (χ1) is 8.83. The molecule has 0 aliphatic carbocycles. The van der Waals surface area contributed by atoms with E-state index in [0.717, 1.165) is 22.7 Å². The Morgan fingerprint density at radius 3 is 2.44 bits per heavy atom. The topological polar surface area (TPSA) is 70.1 Å². The summed E-state index contributed by atoms with van der Waals surface area (Å²) >= 11 is 0. The first-order valence-electron chi connectivity index (χ1n) is 5.78. The largest absolute Gasteiger partial charge is 0.345 e. The molecule has 0 atom stereocenters. The monoisotopic (exact) mass is 240 g/mol. The van der Waals surface area contributed by atoms with Gasteiger partial charge in [0.25, 0.3) is 0 Å². The van der Waals surface area contributed by atoms with Gasteiger partial charge in [0.1, 0.15) is 5.82 Å². The number of H-pyrrole nitrogens is 1. The summed E-state index contributed by atoms with van der Waals surface area (Å²) in [5, 5.41) is 4.07. The minimum Gasteiger partial charge on any atom is -0.345 e. The molecule has 5 heteroatoms. The second kappa shape index (κ2) is 4.44. The molecule has 2 heterocycles. The van der Waals surface area contributed by atoms with Crippen LogP contribution in [-0.4, -0.2) is 21.6 Å². The highest BCUT2D eigenvalue weighted by atomic mass is 16.2. The molecule has 0 spiro atoms. The highest BCUT2D eigenvalue weighted by Crippen LogP contribution is 2.17. The second-order valence-electron chi connectivity index (χ2n) is 4.11. The van der Waals surface area contributed by atoms with Crippen molar-refractivity contribution in [2.24, 2.45) is 5.10 Å². The van der Waals surface area contributed by atoms with Crippen molar-refractivity contribution in [1.29, 1.82) is 0 Å². The molecule has 3 rings (SSSR count). The van der Waals surface area contributed by atoms with Gasteiger partial charge in [0, 0.05) is 30.8 Å². The highest BCUT2D eigenvalue weighted by molar-refractivity contribution is 6.04. The van der Waals surface area contributed by atoms with Crippen LogP contribution in [0.25, 0.3) is 11.4 Å². The fourth-order valence-electron chi connectivity index (χ4n) is 1.93. The number of aromatic amines is 1. The number of imidazole rings is 1. The Balaban J connectivity index is 1.85. The van der Waals surface area contributed by atoms with Gasteiger partial charge in [-0.2, -0.15) is 5.10 Å². The lowest BCUT2D eigenvalue weighted by Gasteiger charge is -2.12. The smallest absolute Gasteiger partial charge is 0.240 e. The van der Waals surface area contributed by atoms with Gasteiger partial charge in [-0.1, -0.05) is 24.3 Å². The number of amides is 1. The first-order valence-corrected chi connectivity index (χ1v) is 5.78. The second-order valence-corrected chi connectivity index (χ2v) is 4.11. The number of carbonyl (C=O) groups excluding carboxylic acids is 1. The fourth-order valence-corrected chi connectivity index (χ4v) is 1.93. The van der Waals surface area contributed by atoms with Crippen LogP contribution >= 0.6 is 0 Å². The van der Waals surface area contributed by atoms with Gasteiger partial charge in [0.05, 0.1) is 5.71 Å². The van der Waals surface area contributed by atoms with Gasteiger partial charge in [-0.05, 0) is 5.56 Å². The average Bonchev–Trinajstić information content (AvgIpc) is 2.94. The molecular formula is C13H12N4O. The van der Waals surface area contributed by atoms with Crippen molar-refractivity contribution >= 4 is 11.6 Å². The summed E-state index contributed by atoms with van der Waals surface area (Å²) in [5.41, 5.74) is 5.48. The zero-order valence-corrected chi connectivity index (χ0v) is 9.68. The summed E-state index contributed by atoms with van der Waals surface area (Å²) in [6.07, 6.45) is 4.71. The summed E-state index contributed by atoms with van der Waals surface area (Å²) in [6, 6.07) is 7.97. The summed E-state index contributed by atoms with van der Waals surface area (Å²) in [5.74, 6) is 0.825. The third-order valence-electron chi connectivity index (χ3n) is 2.89. The Hall–Kier alpha value is -2.43. The third kappa shape index (κ3) is 2.02. The lowest BCUT2D eigenvalue weighted by atomic mass is 10.0. The van der Waals surface area contributed by atoms with E-state index >= 15 is 0 Å². The van der Waals surface area contributed by atoms with Crippen LogP contribution in [0.1, 0.15) is 18.4 Å². The number of hydrogen-bond acceptors (Lipinski definition) is 3. The number of nitrogens with one attached hydrogen (secondary N) is 2. The molecule has 5 nitrogen and oxygen atoms in total. The van der Waals surface area contributed by atoms with Crippen molar-refractivity contribution in [2.45, 2.75) is 12.8 Å². The normalized spacial score (nSPS) is 15.1. The SMILES string of the molecule is O=C1CCC(c2ccc(-c3ncc[nH]3)cc2)=NN1. The third-order valence-corrected chi connectivity index (χ3v) is 2.89. The molecule has 90 valence electrons. The van der Waals surface area contributed by atoms with Gasteiger partial charge in [0.15, 0.2) is 0 Å². The van der Waals surface area contributed by atoms with Crippen molar-refractivity contribution in [1.82, 2.24) is 15.4 Å². The zero-order chi connectivity index (χ0) is 12.4. The van der Waals surface area contributed by atoms with Gasteiger partial charge in [-0.3, -0.25) is 4.79 Å². The summed E-state index contributed by atoms with van der Waals surface area (Å²) in [6.45, 7) is 0. The molecule has 2 aromatic rings. The minimum absolute atomic E-state index is 0.0223. The van der Waals surface area contributed by atoms with Crippen LogP contribution in [0.2, 0.25) is 0 Å². The number of rotatable bonds is 2. The molecular weight excluding hydrogens is 228 g/mol. The molecule has 1 aliphatic heterocycles. The van der Waals surface area contributed by atoms with E-state index in [4.69, 9.17) is 0 Å². The van der Waals surface area contributed by atoms with Crippen molar-refractivity contribution in [3.8, 4) is 11.4 Å². The molecule has 1 amide bonds. The fraction of sp³-hybridized carbons (Fsp3) is 0.154. The minimum atomic E-state index is -0.0223. The van der Waals surface area contributed by atoms with Crippen LogP contribution < -0.4 is 5.43 Å². The molecule has 0 bridgehead atoms. The Morgan fingerprint density at radius 1 is 1.06 bits per heavy atom. The maximum atomic E-state index is 11.0. The van der Waals surface area contributed by atoms with E-state index in [-0.39, 0.29) is 5.91 Å². The maximum absolute atomic E-state index is 11.0. The van der Waals surface area contributed by atoms with E-state index in [1.165, 1.54) is 0 Å². The van der Waals surface area contributed by atoms with Crippen LogP contribution in [0.15, 0.2) is 41.8 Å². The molecule has 1 aliphatic rings. The van der Waals surface area contributed by atoms with Gasteiger partial charge >= 0.3 is 0 Å². The van der Waals surface area contributed by atoms with Gasteiger partial charge < -0.3 is 4.98 Å². The van der Waals surface area contributed by atoms with E-state index in [1.807, 2.05) is 24.3 Å². The number of hydrogen-bond donors (Lipinski definition) is 2. The van der Waals surface area contributed by atoms with Crippen LogP contribution in [0.5, 0.6) is 0 Å². The van der Waals surface area contributed by atoms with E-state index in [1.54, 1.807) is 12.4 Å². The molecule has 18 heavy (non-hydrogen) atoms. The molecule has 1 aromatic heterocycles. The Bertz CT molecular complexity index is 584. The van der Waals surface area contributed by atoms with Crippen LogP contribution in [0.3, 0.4) is 0 Å². The van der Waals surface area contributed by atoms with Crippen molar-refractivity contribution in [2.75, 3.05) is 0 Å². The van der Waals surface area contributed by atoms with E-state index in [2.05, 4.69) is 20.5 Å². The van der Waals surface area contributed by atoms with Crippen molar-refractivity contribution in [3.63, 3.8) is 0 Å². The average molecular weight is 240 g/mol. The molecule has 0 saturated heterocycles. The first kappa shape index (κ1) is 10.7. The summed E-state index contributed by atoms with van der Waals surface area (Å²) in [7, 11) is 0. The molecule has 0 fully saturated rings. The number of benzene rings is 1. The Labute approximate surface area is 104 Å². The summed E-state index contributed by atoms with van der Waals surface area (Å²) in [4.78, 5) is 18.3. The van der Waals surface area contributed by atoms with Gasteiger partial charge in [-0.15, -0.1) is 0 Å².